The number of fused-ring (bicyclic) bond motifs is 1. The van der Waals surface area contributed by atoms with Crippen LogP contribution >= 0.6 is 12.4 Å². The number of carbonyl (C=O) groups excluding carboxylic acids is 1. The number of rotatable bonds is 5. The van der Waals surface area contributed by atoms with E-state index in [4.69, 9.17) is 19.9 Å². The standard InChI is InChI=1S/C15H20N2O4.ClH/c1-19-12-6-10(7-13-14(12)21-5-4-20-13)15(18)17-11(8-16)9-2-3-9;/h6-7,9,11H,2-5,8,16H2,1H3,(H,17,18);1H. The van der Waals surface area contributed by atoms with Crippen LogP contribution in [0, 0.1) is 5.92 Å². The summed E-state index contributed by atoms with van der Waals surface area (Å²) >= 11 is 0. The van der Waals surface area contributed by atoms with Crippen LogP contribution in [0.5, 0.6) is 17.2 Å². The second-order valence-electron chi connectivity index (χ2n) is 5.36. The Morgan fingerprint density at radius 1 is 1.41 bits per heavy atom. The number of benzene rings is 1. The molecule has 0 spiro atoms. The van der Waals surface area contributed by atoms with Crippen molar-refractivity contribution in [1.29, 1.82) is 0 Å². The van der Waals surface area contributed by atoms with Crippen LogP contribution in [0.2, 0.25) is 0 Å². The van der Waals surface area contributed by atoms with E-state index < -0.39 is 0 Å². The number of hydrogen-bond donors (Lipinski definition) is 2. The van der Waals surface area contributed by atoms with Crippen molar-refractivity contribution in [1.82, 2.24) is 5.32 Å². The lowest BCUT2D eigenvalue weighted by molar-refractivity contribution is 0.0931. The molecule has 1 saturated carbocycles. The average Bonchev–Trinajstić information content (AvgIpc) is 3.36. The molecule has 6 nitrogen and oxygen atoms in total. The third-order valence-corrected chi connectivity index (χ3v) is 3.85. The molecule has 1 amide bonds. The molecule has 1 aromatic rings. The predicted molar refractivity (Wildman–Crippen MR) is 84.3 cm³/mol. The Labute approximate surface area is 135 Å². The lowest BCUT2D eigenvalue weighted by atomic mass is 10.1. The Balaban J connectivity index is 0.00000176. The van der Waals surface area contributed by atoms with E-state index in [1.54, 1.807) is 19.2 Å². The Kier molecular flexibility index (Phi) is 5.37. The van der Waals surface area contributed by atoms with Gasteiger partial charge in [-0.3, -0.25) is 4.79 Å². The van der Waals surface area contributed by atoms with E-state index in [9.17, 15) is 4.79 Å². The number of hydrogen-bond acceptors (Lipinski definition) is 5. The van der Waals surface area contributed by atoms with E-state index in [-0.39, 0.29) is 24.4 Å². The molecule has 1 atom stereocenters. The van der Waals surface area contributed by atoms with Crippen molar-refractivity contribution in [2.75, 3.05) is 26.9 Å². The van der Waals surface area contributed by atoms with Gasteiger partial charge in [0.15, 0.2) is 11.5 Å². The van der Waals surface area contributed by atoms with E-state index in [1.165, 1.54) is 0 Å². The highest BCUT2D eigenvalue weighted by molar-refractivity contribution is 5.96. The Bertz CT molecular complexity index is 531. The number of ether oxygens (including phenoxy) is 3. The Hall–Kier alpha value is -1.66. The van der Waals surface area contributed by atoms with Crippen LogP contribution in [0.25, 0.3) is 0 Å². The van der Waals surface area contributed by atoms with Crippen LogP contribution in [0.1, 0.15) is 23.2 Å². The average molecular weight is 329 g/mol. The first kappa shape index (κ1) is 16.7. The molecule has 1 aromatic carbocycles. The summed E-state index contributed by atoms with van der Waals surface area (Å²) in [6.45, 7) is 1.40. The molecule has 0 radical (unpaired) electrons. The van der Waals surface area contributed by atoms with Gasteiger partial charge in [0.05, 0.1) is 7.11 Å². The molecule has 3 rings (SSSR count). The molecular formula is C15H21ClN2O4. The molecule has 1 heterocycles. The van der Waals surface area contributed by atoms with Gasteiger partial charge in [-0.2, -0.15) is 0 Å². The van der Waals surface area contributed by atoms with Crippen LogP contribution in [-0.2, 0) is 0 Å². The van der Waals surface area contributed by atoms with Gasteiger partial charge >= 0.3 is 0 Å². The molecule has 2 aliphatic rings. The third kappa shape index (κ3) is 3.39. The fraction of sp³-hybridized carbons (Fsp3) is 0.533. The topological polar surface area (TPSA) is 82.8 Å². The summed E-state index contributed by atoms with van der Waals surface area (Å²) in [7, 11) is 1.54. The quantitative estimate of drug-likeness (QED) is 0.852. The zero-order valence-corrected chi connectivity index (χ0v) is 13.3. The van der Waals surface area contributed by atoms with E-state index in [2.05, 4.69) is 5.32 Å². The number of carbonyl (C=O) groups is 1. The van der Waals surface area contributed by atoms with Gasteiger partial charge in [-0.25, -0.2) is 0 Å². The van der Waals surface area contributed by atoms with Gasteiger partial charge in [0.25, 0.3) is 5.91 Å². The molecule has 1 unspecified atom stereocenters. The molecule has 7 heteroatoms. The van der Waals surface area contributed by atoms with Crippen molar-refractivity contribution < 1.29 is 19.0 Å². The van der Waals surface area contributed by atoms with Crippen LogP contribution in [0.3, 0.4) is 0 Å². The van der Waals surface area contributed by atoms with Crippen LogP contribution in [0.4, 0.5) is 0 Å². The maximum Gasteiger partial charge on any atom is 0.251 e. The monoisotopic (exact) mass is 328 g/mol. The Morgan fingerprint density at radius 2 is 2.14 bits per heavy atom. The number of nitrogens with one attached hydrogen (secondary N) is 1. The highest BCUT2D eigenvalue weighted by atomic mass is 35.5. The first-order chi connectivity index (χ1) is 10.2. The van der Waals surface area contributed by atoms with Crippen LogP contribution < -0.4 is 25.3 Å². The smallest absolute Gasteiger partial charge is 0.251 e. The first-order valence-electron chi connectivity index (χ1n) is 7.21. The predicted octanol–water partition coefficient (Wildman–Crippen LogP) is 1.36. The number of amides is 1. The molecule has 0 bridgehead atoms. The summed E-state index contributed by atoms with van der Waals surface area (Å²) in [5.41, 5.74) is 6.22. The summed E-state index contributed by atoms with van der Waals surface area (Å²) in [4.78, 5) is 12.4. The maximum absolute atomic E-state index is 12.4. The van der Waals surface area contributed by atoms with E-state index in [0.717, 1.165) is 12.8 Å². The summed E-state index contributed by atoms with van der Waals surface area (Å²) < 4.78 is 16.4. The summed E-state index contributed by atoms with van der Waals surface area (Å²) in [5.74, 6) is 1.96. The summed E-state index contributed by atoms with van der Waals surface area (Å²) in [6.07, 6.45) is 2.26. The van der Waals surface area contributed by atoms with Crippen molar-refractivity contribution in [2.24, 2.45) is 11.7 Å². The Morgan fingerprint density at radius 3 is 2.77 bits per heavy atom. The maximum atomic E-state index is 12.4. The molecular weight excluding hydrogens is 308 g/mol. The van der Waals surface area contributed by atoms with Gasteiger partial charge in [0.2, 0.25) is 5.75 Å². The van der Waals surface area contributed by atoms with Gasteiger partial charge in [-0.15, -0.1) is 12.4 Å². The van der Waals surface area contributed by atoms with E-state index in [1.807, 2.05) is 0 Å². The minimum absolute atomic E-state index is 0. The van der Waals surface area contributed by atoms with Gasteiger partial charge in [-0.05, 0) is 30.9 Å². The minimum Gasteiger partial charge on any atom is -0.493 e. The first-order valence-corrected chi connectivity index (χ1v) is 7.21. The number of halogens is 1. The number of nitrogens with two attached hydrogens (primary N) is 1. The molecule has 0 aromatic heterocycles. The zero-order valence-electron chi connectivity index (χ0n) is 12.5. The molecule has 122 valence electrons. The van der Waals surface area contributed by atoms with Crippen LogP contribution in [0.15, 0.2) is 12.1 Å². The van der Waals surface area contributed by atoms with Crippen molar-refractivity contribution in [3.8, 4) is 17.2 Å². The van der Waals surface area contributed by atoms with Gasteiger partial charge in [0, 0.05) is 18.2 Å². The lowest BCUT2D eigenvalue weighted by Crippen LogP contribution is -2.41. The summed E-state index contributed by atoms with van der Waals surface area (Å²) in [6, 6.07) is 3.40. The van der Waals surface area contributed by atoms with Crippen molar-refractivity contribution >= 4 is 18.3 Å². The van der Waals surface area contributed by atoms with E-state index in [0.29, 0.717) is 48.5 Å². The van der Waals surface area contributed by atoms with Gasteiger partial charge in [-0.1, -0.05) is 0 Å². The highest BCUT2D eigenvalue weighted by Gasteiger charge is 2.32. The van der Waals surface area contributed by atoms with Crippen molar-refractivity contribution in [3.05, 3.63) is 17.7 Å². The fourth-order valence-corrected chi connectivity index (χ4v) is 2.52. The normalized spacial score (nSPS) is 17.2. The van der Waals surface area contributed by atoms with Crippen molar-refractivity contribution in [2.45, 2.75) is 18.9 Å². The highest BCUT2D eigenvalue weighted by Crippen LogP contribution is 2.40. The molecule has 0 saturated heterocycles. The zero-order chi connectivity index (χ0) is 14.8. The summed E-state index contributed by atoms with van der Waals surface area (Å²) in [5, 5.41) is 2.99. The SMILES string of the molecule is COc1cc(C(=O)NC(CN)C2CC2)cc2c1OCCO2.Cl. The second-order valence-corrected chi connectivity index (χ2v) is 5.36. The third-order valence-electron chi connectivity index (χ3n) is 3.85. The van der Waals surface area contributed by atoms with Gasteiger partial charge in [0.1, 0.15) is 13.2 Å². The molecule has 1 aliphatic carbocycles. The molecule has 1 aliphatic heterocycles. The largest absolute Gasteiger partial charge is 0.493 e. The molecule has 22 heavy (non-hydrogen) atoms. The van der Waals surface area contributed by atoms with Gasteiger partial charge < -0.3 is 25.3 Å². The molecule has 3 N–H and O–H groups in total. The minimum atomic E-state index is -0.160. The van der Waals surface area contributed by atoms with Crippen molar-refractivity contribution in [3.63, 3.8) is 0 Å². The molecule has 1 fully saturated rings. The second kappa shape index (κ2) is 7.07. The van der Waals surface area contributed by atoms with Crippen LogP contribution in [-0.4, -0.2) is 38.8 Å². The fourth-order valence-electron chi connectivity index (χ4n) is 2.52. The lowest BCUT2D eigenvalue weighted by Gasteiger charge is -2.22. The van der Waals surface area contributed by atoms with E-state index >= 15 is 0 Å². The number of methoxy groups -OCH3 is 1.